The molecule has 5 unspecified atom stereocenters. The van der Waals surface area contributed by atoms with Crippen LogP contribution in [0.25, 0.3) is 32.4 Å². The topological polar surface area (TPSA) is 17.3 Å². The number of halogens is 2. The normalized spacial score (nSPS) is 30.6. The van der Waals surface area contributed by atoms with Crippen molar-refractivity contribution in [1.82, 2.24) is 4.57 Å². The van der Waals surface area contributed by atoms with Crippen molar-refractivity contribution in [2.45, 2.75) is 50.2 Å². The van der Waals surface area contributed by atoms with E-state index in [1.165, 1.54) is 32.7 Å². The van der Waals surface area contributed by atoms with E-state index in [1.54, 1.807) is 0 Å². The second-order valence-electron chi connectivity index (χ2n) is 13.7. The van der Waals surface area contributed by atoms with Crippen LogP contribution >= 0.6 is 18.6 Å². The summed E-state index contributed by atoms with van der Waals surface area (Å²) in [7, 11) is 7.73. The van der Waals surface area contributed by atoms with Gasteiger partial charge in [0, 0.05) is 6.04 Å². The van der Waals surface area contributed by atoms with E-state index in [0.29, 0.717) is 29.2 Å². The van der Waals surface area contributed by atoms with E-state index < -0.39 is 25.3 Å². The molecular weight excluding hydrogens is 643 g/mol. The molecule has 2 nitrogen and oxygen atoms in total. The number of nitrogens with zero attached hydrogens (tertiary/aromatic N) is 2. The molecule has 4 aliphatic carbocycles. The molecule has 1 saturated carbocycles. The molecule has 232 valence electrons. The molecule has 0 amide bonds. The van der Waals surface area contributed by atoms with Crippen molar-refractivity contribution in [3.63, 3.8) is 0 Å². The fourth-order valence-electron chi connectivity index (χ4n) is 9.58. The summed E-state index contributed by atoms with van der Waals surface area (Å²) in [6.45, 7) is 10.1. The number of benzene rings is 3. The van der Waals surface area contributed by atoms with Gasteiger partial charge in [-0.25, -0.2) is 0 Å². The Morgan fingerprint density at radius 1 is 0.733 bits per heavy atom. The molecule has 0 bridgehead atoms. The molecular formula is C39H42Cl2N2SiTi-2. The first kappa shape index (κ1) is 33.0. The van der Waals surface area contributed by atoms with Crippen molar-refractivity contribution >= 4 is 54.0 Å². The first-order chi connectivity index (χ1) is 21.3. The van der Waals surface area contributed by atoms with Gasteiger partial charge in [0.15, 0.2) is 0 Å². The third kappa shape index (κ3) is 5.47. The molecule has 6 atom stereocenters. The number of fused-ring (bicyclic) bond motifs is 6. The Morgan fingerprint density at radius 2 is 1.22 bits per heavy atom. The van der Waals surface area contributed by atoms with Crippen LogP contribution in [0, 0.1) is 31.1 Å². The van der Waals surface area contributed by atoms with Crippen molar-refractivity contribution in [3.8, 4) is 0 Å². The Kier molecular flexibility index (Phi) is 9.47. The van der Waals surface area contributed by atoms with Gasteiger partial charge >= 0.3 is 35.6 Å². The van der Waals surface area contributed by atoms with Gasteiger partial charge < -0.3 is 17.3 Å². The number of rotatable bonds is 3. The summed E-state index contributed by atoms with van der Waals surface area (Å²) in [5.41, 5.74) is 3.12. The van der Waals surface area contributed by atoms with Crippen molar-refractivity contribution < 1.29 is 17.0 Å². The zero-order valence-corrected chi connectivity index (χ0v) is 30.8. The van der Waals surface area contributed by atoms with Crippen LogP contribution in [0.3, 0.4) is 0 Å². The van der Waals surface area contributed by atoms with Crippen LogP contribution in [0.5, 0.6) is 0 Å². The second kappa shape index (κ2) is 12.9. The Balaban J connectivity index is 0.000000861. The Labute approximate surface area is 287 Å². The van der Waals surface area contributed by atoms with E-state index >= 15 is 0 Å². The zero-order chi connectivity index (χ0) is 30.6. The molecule has 6 heteroatoms. The van der Waals surface area contributed by atoms with Crippen LogP contribution in [0.2, 0.25) is 18.6 Å². The molecule has 1 aliphatic heterocycles. The van der Waals surface area contributed by atoms with Crippen LogP contribution in [-0.2, 0) is 17.0 Å². The monoisotopic (exact) mass is 684 g/mol. The van der Waals surface area contributed by atoms with E-state index in [4.69, 9.17) is 23.9 Å². The standard InChI is InChI=1S/C38H39N2Si.CH3.2ClH.Ti/c1-38(2)39-36-33(35-27-16-7-5-14-25(27)24-26-15-6-8-17-28(26)35)22-13-23-34(36)40(38)41(3,4)37-31-20-11-9-18-29(31)30-19-10-12-21-32(30)37;;;;/h5-24,29-32,34,36-37H,1-4H3;1H3;2*1H;/q2*-1;;;+2/p-2/t29?,30?,31?,32?,34-,36?,37?;;;;/m1..../s1. The number of hydrogen-bond acceptors (Lipinski definition) is 1. The number of hydrogen-bond donors (Lipinski definition) is 0. The van der Waals surface area contributed by atoms with E-state index in [-0.39, 0.29) is 25.2 Å². The predicted octanol–water partition coefficient (Wildman–Crippen LogP) is 11.2. The molecule has 0 spiro atoms. The molecule has 1 heterocycles. The zero-order valence-electron chi connectivity index (χ0n) is 26.7. The molecule has 45 heavy (non-hydrogen) atoms. The molecule has 1 saturated heterocycles. The van der Waals surface area contributed by atoms with E-state index in [0.717, 1.165) is 0 Å². The quantitative estimate of drug-likeness (QED) is 0.152. The van der Waals surface area contributed by atoms with Gasteiger partial charge in [-0.3, -0.25) is 0 Å². The summed E-state index contributed by atoms with van der Waals surface area (Å²) in [6, 6.07) is 20.5. The molecule has 3 aromatic rings. The summed E-state index contributed by atoms with van der Waals surface area (Å²) in [5, 5.41) is 11.0. The van der Waals surface area contributed by atoms with Gasteiger partial charge in [0.25, 0.3) is 0 Å². The number of allylic oxidation sites excluding steroid dienone is 10. The Bertz CT molecular complexity index is 1680. The van der Waals surface area contributed by atoms with Crippen molar-refractivity contribution in [3.05, 3.63) is 140 Å². The van der Waals surface area contributed by atoms with E-state index in [9.17, 15) is 0 Å². The average molecular weight is 686 g/mol. The van der Waals surface area contributed by atoms with E-state index in [1.807, 2.05) is 0 Å². The van der Waals surface area contributed by atoms with Gasteiger partial charge in [-0.15, -0.1) is 0 Å². The van der Waals surface area contributed by atoms with Crippen LogP contribution in [0.1, 0.15) is 19.4 Å². The molecule has 0 N–H and O–H groups in total. The van der Waals surface area contributed by atoms with Gasteiger partial charge in [-0.2, -0.15) is 0 Å². The summed E-state index contributed by atoms with van der Waals surface area (Å²) in [5.74, 6) is 2.37. The van der Waals surface area contributed by atoms with Crippen LogP contribution in [-0.4, -0.2) is 30.5 Å². The molecule has 2 fully saturated rings. The van der Waals surface area contributed by atoms with Gasteiger partial charge in [-0.1, -0.05) is 160 Å². The second-order valence-corrected chi connectivity index (χ2v) is 20.8. The van der Waals surface area contributed by atoms with E-state index in [2.05, 4.69) is 153 Å². The SMILES string of the molecule is CC1(C)[N-]C2C(c3c4ccccc4cc4ccccc34)=CC=C[C@H]2N1[Si](C)(C)C1C2C=CC=CC2C2C=CC=CC21.[CH3-].[Cl][Ti][Cl]. The first-order valence-electron chi connectivity index (χ1n) is 15.7. The van der Waals surface area contributed by atoms with Gasteiger partial charge in [-0.05, 0) is 62.4 Å². The van der Waals surface area contributed by atoms with Crippen LogP contribution in [0.4, 0.5) is 0 Å². The minimum absolute atomic E-state index is 0. The average Bonchev–Trinajstić information content (AvgIpc) is 3.51. The fraction of sp³-hybridized carbons (Fsp3) is 0.308. The summed E-state index contributed by atoms with van der Waals surface area (Å²) in [6.07, 6.45) is 26.4. The van der Waals surface area contributed by atoms with Gasteiger partial charge in [0.1, 0.15) is 8.24 Å². The Morgan fingerprint density at radius 3 is 1.76 bits per heavy atom. The fourth-order valence-corrected chi connectivity index (χ4v) is 14.9. The molecule has 0 radical (unpaired) electrons. The summed E-state index contributed by atoms with van der Waals surface area (Å²) in [4.78, 5) is 0. The maximum atomic E-state index is 5.72. The van der Waals surface area contributed by atoms with Gasteiger partial charge in [0.2, 0.25) is 0 Å². The molecule has 5 aliphatic rings. The first-order valence-corrected chi connectivity index (χ1v) is 23.1. The van der Waals surface area contributed by atoms with Crippen LogP contribution < -0.4 is 0 Å². The van der Waals surface area contributed by atoms with Crippen molar-refractivity contribution in [1.29, 1.82) is 0 Å². The maximum absolute atomic E-state index is 5.72. The Hall–Kier alpha value is -1.95. The summed E-state index contributed by atoms with van der Waals surface area (Å²) >= 11 is -0.556. The van der Waals surface area contributed by atoms with Crippen LogP contribution in [0.15, 0.2) is 121 Å². The molecule has 8 rings (SSSR count). The summed E-state index contributed by atoms with van der Waals surface area (Å²) < 4.78 is 2.92. The third-order valence-corrected chi connectivity index (χ3v) is 15.3. The third-order valence-electron chi connectivity index (χ3n) is 10.8. The molecule has 3 aromatic carbocycles. The van der Waals surface area contributed by atoms with Crippen molar-refractivity contribution in [2.24, 2.45) is 23.7 Å². The predicted molar refractivity (Wildman–Crippen MR) is 195 cm³/mol. The molecule has 0 aromatic heterocycles. The van der Waals surface area contributed by atoms with Gasteiger partial charge in [0.05, 0.1) is 0 Å². The minimum atomic E-state index is -2.04. The van der Waals surface area contributed by atoms with Crippen molar-refractivity contribution in [2.75, 3.05) is 0 Å².